The number of ether oxygens (including phenoxy) is 1. The minimum absolute atomic E-state index is 0.0302. The lowest BCUT2D eigenvalue weighted by atomic mass is 10.0. The van der Waals surface area contributed by atoms with E-state index < -0.39 is 20.0 Å². The first-order chi connectivity index (χ1) is 38.4. The zero-order valence-electron chi connectivity index (χ0n) is 52.9. The van der Waals surface area contributed by atoms with Crippen molar-refractivity contribution in [2.75, 3.05) is 40.9 Å². The summed E-state index contributed by atoms with van der Waals surface area (Å²) in [5.74, 6) is -0.560. The van der Waals surface area contributed by atoms with Crippen molar-refractivity contribution in [3.63, 3.8) is 0 Å². The smallest absolute Gasteiger partial charge is 0.456 e. The Kier molecular flexibility index (Phi) is 57.2. The van der Waals surface area contributed by atoms with Gasteiger partial charge in [0.1, 0.15) is 19.3 Å². The number of rotatable bonds is 61. The maximum Gasteiger partial charge on any atom is 0.472 e. The molecule has 0 aromatic carbocycles. The summed E-state index contributed by atoms with van der Waals surface area (Å²) in [6.07, 6.45) is 75.4. The molecular weight excluding hydrogens is 1000 g/mol. The van der Waals surface area contributed by atoms with Crippen LogP contribution >= 0.6 is 7.82 Å². The van der Waals surface area contributed by atoms with Crippen LogP contribution < -0.4 is 5.32 Å². The molecule has 0 rings (SSSR count). The molecule has 0 bridgehead atoms. The lowest BCUT2D eigenvalue weighted by Crippen LogP contribution is -2.47. The molecule has 0 aromatic rings. The van der Waals surface area contributed by atoms with Crippen LogP contribution in [0, 0.1) is 0 Å². The summed E-state index contributed by atoms with van der Waals surface area (Å²) in [5.41, 5.74) is 0. The Bertz CT molecular complexity index is 1540. The lowest BCUT2D eigenvalue weighted by Gasteiger charge is -2.27. The molecule has 0 aliphatic carbocycles. The van der Waals surface area contributed by atoms with E-state index in [-0.39, 0.29) is 37.9 Å². The molecule has 79 heavy (non-hydrogen) atoms. The highest BCUT2D eigenvalue weighted by Crippen LogP contribution is 2.43. The van der Waals surface area contributed by atoms with Gasteiger partial charge in [-0.3, -0.25) is 18.6 Å². The second-order valence-electron chi connectivity index (χ2n) is 24.0. The van der Waals surface area contributed by atoms with Crippen LogP contribution in [0.3, 0.4) is 0 Å². The number of hydrogen-bond donors (Lipinski definition) is 2. The fraction of sp³-hybridized carbons (Fsp3) is 0.826. The molecule has 9 nitrogen and oxygen atoms in total. The molecule has 3 unspecified atom stereocenters. The molecule has 0 saturated heterocycles. The molecule has 0 radical (unpaired) electrons. The van der Waals surface area contributed by atoms with Crippen molar-refractivity contribution in [1.29, 1.82) is 0 Å². The van der Waals surface area contributed by atoms with E-state index in [0.29, 0.717) is 17.4 Å². The number of amides is 1. The van der Waals surface area contributed by atoms with Crippen LogP contribution in [0.5, 0.6) is 0 Å². The van der Waals surface area contributed by atoms with E-state index in [9.17, 15) is 19.0 Å². The maximum absolute atomic E-state index is 13.5. The third kappa shape index (κ3) is 60.1. The van der Waals surface area contributed by atoms with Crippen LogP contribution in [0.25, 0.3) is 0 Å². The van der Waals surface area contributed by atoms with Gasteiger partial charge in [0.15, 0.2) is 0 Å². The van der Waals surface area contributed by atoms with Crippen molar-refractivity contribution >= 4 is 19.7 Å². The third-order valence-corrected chi connectivity index (χ3v) is 15.9. The quantitative estimate of drug-likeness (QED) is 0.0205. The van der Waals surface area contributed by atoms with Gasteiger partial charge in [-0.25, -0.2) is 4.57 Å². The maximum atomic E-state index is 13.5. The second kappa shape index (κ2) is 58.9. The van der Waals surface area contributed by atoms with Gasteiger partial charge in [-0.05, 0) is 70.3 Å². The van der Waals surface area contributed by atoms with E-state index in [4.69, 9.17) is 13.8 Å². The molecule has 0 aliphatic heterocycles. The number of nitrogens with one attached hydrogen (secondary N) is 1. The number of nitrogens with zero attached hydrogens (tertiary/aromatic N) is 1. The molecule has 0 aliphatic rings. The molecule has 0 aromatic heterocycles. The van der Waals surface area contributed by atoms with Gasteiger partial charge >= 0.3 is 13.8 Å². The van der Waals surface area contributed by atoms with Crippen LogP contribution in [-0.2, 0) is 27.9 Å². The van der Waals surface area contributed by atoms with Crippen molar-refractivity contribution in [2.45, 2.75) is 328 Å². The second-order valence-corrected chi connectivity index (χ2v) is 25.5. The standard InChI is InChI=1S/C69H129N2O7P/c1-7-10-13-16-19-22-25-27-29-31-32-33-34-35-36-37-38-40-42-44-47-50-53-56-59-62-69(73)78-67(60-57-54-51-48-45-24-21-18-15-12-9-3)66(65-77-79(74,75)76-64-63-71(4,5)6)70-68(72)61-58-55-52-49-46-43-41-39-30-28-26-23-20-17-14-11-8-2/h20,23,28,30,41,43,49,52,57,60,66-67H,7-19,21-22,24-27,29,31-40,42,44-48,50-51,53-56,58-59,61-65H2,1-6H3,(H-,70,72,74,75)/p+1/b23-20-,30-28-,43-41-,52-49-,60-57-. The molecule has 0 spiro atoms. The number of carbonyl (C=O) groups excluding carboxylic acids is 2. The van der Waals surface area contributed by atoms with E-state index in [1.165, 1.54) is 212 Å². The molecule has 0 heterocycles. The fourth-order valence-corrected chi connectivity index (χ4v) is 10.5. The van der Waals surface area contributed by atoms with Gasteiger partial charge in [0.25, 0.3) is 0 Å². The zero-order valence-corrected chi connectivity index (χ0v) is 53.8. The average Bonchev–Trinajstić information content (AvgIpc) is 3.41. The van der Waals surface area contributed by atoms with Crippen molar-refractivity contribution in [3.05, 3.63) is 60.8 Å². The average molecular weight is 1130 g/mol. The van der Waals surface area contributed by atoms with Gasteiger partial charge < -0.3 is 19.4 Å². The Morgan fingerprint density at radius 3 is 1.20 bits per heavy atom. The third-order valence-electron chi connectivity index (χ3n) is 15.0. The first kappa shape index (κ1) is 76.7. The van der Waals surface area contributed by atoms with Crippen molar-refractivity contribution < 1.29 is 37.3 Å². The lowest BCUT2D eigenvalue weighted by molar-refractivity contribution is -0.870. The fourth-order valence-electron chi connectivity index (χ4n) is 9.76. The molecule has 10 heteroatoms. The SMILES string of the molecule is CCCCC/C=C\C/C=C\C/C=C\C/C=C\CCCC(=O)NC(COP(=O)(O)OCC[N+](C)(C)C)C(/C=C\CCCCCCCCCCC)OC(=O)CCCCCCCCCCCCCCCCCCCCCCCCCCC. The van der Waals surface area contributed by atoms with Crippen LogP contribution in [0.15, 0.2) is 60.8 Å². The number of esters is 1. The van der Waals surface area contributed by atoms with Crippen molar-refractivity contribution in [3.8, 4) is 0 Å². The van der Waals surface area contributed by atoms with Crippen LogP contribution in [0.1, 0.15) is 316 Å². The normalized spacial score (nSPS) is 14.0. The molecule has 0 saturated carbocycles. The number of phosphoric ester groups is 1. The summed E-state index contributed by atoms with van der Waals surface area (Å²) < 4.78 is 30.7. The first-order valence-electron chi connectivity index (χ1n) is 33.6. The van der Waals surface area contributed by atoms with Crippen LogP contribution in [0.4, 0.5) is 0 Å². The first-order valence-corrected chi connectivity index (χ1v) is 35.1. The Hall–Kier alpha value is -2.29. The number of likely N-dealkylation sites (N-methyl/N-ethyl adjacent to an activating group) is 1. The highest BCUT2D eigenvalue weighted by molar-refractivity contribution is 7.47. The highest BCUT2D eigenvalue weighted by atomic mass is 31.2. The minimum atomic E-state index is -4.46. The van der Waals surface area contributed by atoms with Crippen molar-refractivity contribution in [1.82, 2.24) is 5.32 Å². The van der Waals surface area contributed by atoms with E-state index in [2.05, 4.69) is 74.7 Å². The van der Waals surface area contributed by atoms with Gasteiger partial charge in [-0.2, -0.15) is 0 Å². The predicted molar refractivity (Wildman–Crippen MR) is 342 cm³/mol. The Labute approximate surface area is 490 Å². The topological polar surface area (TPSA) is 111 Å². The minimum Gasteiger partial charge on any atom is -0.456 e. The van der Waals surface area contributed by atoms with E-state index in [0.717, 1.165) is 64.2 Å². The predicted octanol–water partition coefficient (Wildman–Crippen LogP) is 21.0. The van der Waals surface area contributed by atoms with Crippen LogP contribution in [-0.4, -0.2) is 74.3 Å². The molecule has 462 valence electrons. The Balaban J connectivity index is 5.09. The van der Waals surface area contributed by atoms with Crippen molar-refractivity contribution in [2.24, 2.45) is 0 Å². The zero-order chi connectivity index (χ0) is 57.9. The van der Waals surface area contributed by atoms with Gasteiger partial charge in [-0.15, -0.1) is 0 Å². The summed E-state index contributed by atoms with van der Waals surface area (Å²) in [4.78, 5) is 37.7. The summed E-state index contributed by atoms with van der Waals surface area (Å²) >= 11 is 0. The molecule has 3 atom stereocenters. The molecule has 1 amide bonds. The number of allylic oxidation sites excluding steroid dienone is 9. The molecule has 2 N–H and O–H groups in total. The van der Waals surface area contributed by atoms with Gasteiger partial charge in [0, 0.05) is 12.8 Å². The Morgan fingerprint density at radius 2 is 0.785 bits per heavy atom. The highest BCUT2D eigenvalue weighted by Gasteiger charge is 2.30. The summed E-state index contributed by atoms with van der Waals surface area (Å²) in [6.45, 7) is 6.97. The van der Waals surface area contributed by atoms with Gasteiger partial charge in [-0.1, -0.05) is 294 Å². The summed E-state index contributed by atoms with van der Waals surface area (Å²) in [5, 5.41) is 3.03. The van der Waals surface area contributed by atoms with E-state index in [1.54, 1.807) is 0 Å². The Morgan fingerprint density at radius 1 is 0.443 bits per heavy atom. The summed E-state index contributed by atoms with van der Waals surface area (Å²) in [7, 11) is 1.47. The van der Waals surface area contributed by atoms with Crippen LogP contribution in [0.2, 0.25) is 0 Å². The number of phosphoric acid groups is 1. The number of hydrogen-bond acceptors (Lipinski definition) is 6. The molecular formula is C69H130N2O7P+. The summed E-state index contributed by atoms with van der Waals surface area (Å²) in [6, 6.07) is -0.876. The van der Waals surface area contributed by atoms with E-state index >= 15 is 0 Å². The molecule has 0 fully saturated rings. The number of carbonyl (C=O) groups is 2. The largest absolute Gasteiger partial charge is 0.472 e. The van der Waals surface area contributed by atoms with Gasteiger partial charge in [0.2, 0.25) is 5.91 Å². The van der Waals surface area contributed by atoms with Gasteiger partial charge in [0.05, 0.1) is 33.8 Å². The number of quaternary nitrogens is 1. The number of unbranched alkanes of at least 4 members (excludes halogenated alkanes) is 37. The van der Waals surface area contributed by atoms with E-state index in [1.807, 2.05) is 33.3 Å². The monoisotopic (exact) mass is 1130 g/mol.